The van der Waals surface area contributed by atoms with E-state index in [4.69, 9.17) is 9.47 Å². The molecule has 0 aliphatic carbocycles. The molecule has 2 aromatic rings. The first-order valence-corrected chi connectivity index (χ1v) is 11.2. The smallest absolute Gasteiger partial charge is 0.260 e. The molecule has 31 heavy (non-hydrogen) atoms. The summed E-state index contributed by atoms with van der Waals surface area (Å²) >= 11 is 0. The Morgan fingerprint density at radius 1 is 0.903 bits per heavy atom. The van der Waals surface area contributed by atoms with Crippen molar-refractivity contribution in [2.75, 3.05) is 37.7 Å². The summed E-state index contributed by atoms with van der Waals surface area (Å²) in [5.74, 6) is 0.921. The number of likely N-dealkylation sites (tertiary alicyclic amines) is 1. The van der Waals surface area contributed by atoms with Gasteiger partial charge in [-0.3, -0.25) is 9.59 Å². The number of rotatable bonds is 6. The molecule has 0 spiro atoms. The van der Waals surface area contributed by atoms with Gasteiger partial charge < -0.3 is 19.3 Å². The fraction of sp³-hybridized carbons (Fsp3) is 0.440. The number of fused-ring (bicyclic) bond motifs is 1. The molecule has 0 aromatic heterocycles. The van der Waals surface area contributed by atoms with Crippen LogP contribution in [0.4, 0.5) is 5.69 Å². The van der Waals surface area contributed by atoms with E-state index in [1.165, 1.54) is 12.0 Å². The maximum atomic E-state index is 13.3. The summed E-state index contributed by atoms with van der Waals surface area (Å²) in [7, 11) is 0. The fourth-order valence-corrected chi connectivity index (χ4v) is 4.30. The third kappa shape index (κ3) is 4.84. The highest BCUT2D eigenvalue weighted by atomic mass is 16.5. The van der Waals surface area contributed by atoms with E-state index >= 15 is 0 Å². The Labute approximate surface area is 183 Å². The summed E-state index contributed by atoms with van der Waals surface area (Å²) in [5, 5.41) is 0. The van der Waals surface area contributed by atoms with Gasteiger partial charge in [0.25, 0.3) is 11.8 Å². The summed E-state index contributed by atoms with van der Waals surface area (Å²) in [5.41, 5.74) is 2.72. The van der Waals surface area contributed by atoms with Crippen LogP contribution < -0.4 is 14.4 Å². The number of benzene rings is 2. The Hall–Kier alpha value is -3.02. The monoisotopic (exact) mass is 422 g/mol. The molecule has 6 heteroatoms. The van der Waals surface area contributed by atoms with Crippen LogP contribution in [0.25, 0.3) is 0 Å². The van der Waals surface area contributed by atoms with Crippen molar-refractivity contribution in [3.63, 3.8) is 0 Å². The van der Waals surface area contributed by atoms with Crippen LogP contribution in [0.1, 0.15) is 48.5 Å². The number of ether oxygens (including phenoxy) is 2. The number of carbonyl (C=O) groups excluding carboxylic acids is 2. The first-order valence-electron chi connectivity index (χ1n) is 11.2. The average molecular weight is 423 g/mol. The first kappa shape index (κ1) is 21.2. The molecule has 2 aliphatic rings. The van der Waals surface area contributed by atoms with Gasteiger partial charge in [-0.05, 0) is 68.9 Å². The molecule has 0 radical (unpaired) electrons. The number of carbonyl (C=O) groups is 2. The van der Waals surface area contributed by atoms with Gasteiger partial charge in [0.1, 0.15) is 0 Å². The summed E-state index contributed by atoms with van der Waals surface area (Å²) in [4.78, 5) is 29.4. The minimum atomic E-state index is -0.0518. The summed E-state index contributed by atoms with van der Waals surface area (Å²) < 4.78 is 11.5. The van der Waals surface area contributed by atoms with Gasteiger partial charge in [0.15, 0.2) is 18.1 Å². The third-order valence-electron chi connectivity index (χ3n) is 5.91. The highest BCUT2D eigenvalue weighted by Crippen LogP contribution is 2.32. The van der Waals surface area contributed by atoms with Gasteiger partial charge in [-0.25, -0.2) is 0 Å². The van der Waals surface area contributed by atoms with E-state index < -0.39 is 0 Å². The van der Waals surface area contributed by atoms with E-state index in [1.54, 1.807) is 18.2 Å². The topological polar surface area (TPSA) is 59.1 Å². The number of amides is 2. The lowest BCUT2D eigenvalue weighted by Crippen LogP contribution is -2.38. The van der Waals surface area contributed by atoms with Gasteiger partial charge in [-0.15, -0.1) is 0 Å². The molecule has 4 rings (SSSR count). The lowest BCUT2D eigenvalue weighted by atomic mass is 10.0. The van der Waals surface area contributed by atoms with E-state index in [9.17, 15) is 9.59 Å². The predicted octanol–water partition coefficient (Wildman–Crippen LogP) is 4.07. The molecular formula is C25H30N2O4. The van der Waals surface area contributed by atoms with Gasteiger partial charge in [-0.1, -0.05) is 18.2 Å². The van der Waals surface area contributed by atoms with E-state index in [1.807, 2.05) is 34.9 Å². The molecule has 164 valence electrons. The zero-order valence-corrected chi connectivity index (χ0v) is 18.1. The van der Waals surface area contributed by atoms with E-state index in [0.717, 1.165) is 44.5 Å². The van der Waals surface area contributed by atoms with Crippen molar-refractivity contribution in [3.8, 4) is 11.5 Å². The molecule has 0 saturated carbocycles. The van der Waals surface area contributed by atoms with Gasteiger partial charge in [0, 0.05) is 30.9 Å². The van der Waals surface area contributed by atoms with E-state index in [0.29, 0.717) is 30.2 Å². The molecule has 1 saturated heterocycles. The molecule has 2 amide bonds. The van der Waals surface area contributed by atoms with Gasteiger partial charge >= 0.3 is 0 Å². The molecule has 0 atom stereocenters. The zero-order chi connectivity index (χ0) is 21.6. The van der Waals surface area contributed by atoms with E-state index in [2.05, 4.69) is 6.07 Å². The molecule has 1 fully saturated rings. The Morgan fingerprint density at radius 2 is 1.71 bits per heavy atom. The van der Waals surface area contributed by atoms with Gasteiger partial charge in [0.2, 0.25) is 0 Å². The standard InChI is InChI=1S/C25H30N2O4/c1-2-30-23-17-20(25(29)27-16-8-10-19-9-4-5-11-21(19)27)12-13-22(23)31-18-24(28)26-14-6-3-7-15-26/h4-5,9,11-13,17H,2-3,6-8,10,14-16,18H2,1H3. The Morgan fingerprint density at radius 3 is 2.52 bits per heavy atom. The first-order chi connectivity index (χ1) is 15.2. The van der Waals surface area contributed by atoms with Crippen LogP contribution in [-0.2, 0) is 11.2 Å². The molecule has 2 aromatic carbocycles. The largest absolute Gasteiger partial charge is 0.490 e. The predicted molar refractivity (Wildman–Crippen MR) is 120 cm³/mol. The third-order valence-corrected chi connectivity index (χ3v) is 5.91. The molecular weight excluding hydrogens is 392 g/mol. The Bertz CT molecular complexity index is 937. The number of piperidine rings is 1. The second-order valence-electron chi connectivity index (χ2n) is 8.01. The van der Waals surface area contributed by atoms with Crippen molar-refractivity contribution < 1.29 is 19.1 Å². The number of hydrogen-bond acceptors (Lipinski definition) is 4. The summed E-state index contributed by atoms with van der Waals surface area (Å²) in [6.45, 7) is 4.60. The maximum absolute atomic E-state index is 13.3. The molecule has 0 unspecified atom stereocenters. The van der Waals surface area contributed by atoms with Crippen molar-refractivity contribution in [3.05, 3.63) is 53.6 Å². The molecule has 2 aliphatic heterocycles. The Kier molecular flexibility index (Phi) is 6.75. The summed E-state index contributed by atoms with van der Waals surface area (Å²) in [6, 6.07) is 13.3. The average Bonchev–Trinajstić information content (AvgIpc) is 2.83. The second kappa shape index (κ2) is 9.86. The van der Waals surface area contributed by atoms with Crippen molar-refractivity contribution in [1.82, 2.24) is 4.90 Å². The minimum absolute atomic E-state index is 0.00720. The van der Waals surface area contributed by atoms with Crippen LogP contribution in [-0.4, -0.2) is 49.6 Å². The van der Waals surface area contributed by atoms with Gasteiger partial charge in [0.05, 0.1) is 6.61 Å². The fourth-order valence-electron chi connectivity index (χ4n) is 4.30. The van der Waals surface area contributed by atoms with Gasteiger partial charge in [-0.2, -0.15) is 0 Å². The van der Waals surface area contributed by atoms with Crippen LogP contribution in [0.3, 0.4) is 0 Å². The number of para-hydroxylation sites is 1. The van der Waals surface area contributed by atoms with Crippen molar-refractivity contribution in [2.24, 2.45) is 0 Å². The zero-order valence-electron chi connectivity index (χ0n) is 18.1. The van der Waals surface area contributed by atoms with Crippen LogP contribution in [0.15, 0.2) is 42.5 Å². The summed E-state index contributed by atoms with van der Waals surface area (Å²) in [6.07, 6.45) is 5.21. The Balaban J connectivity index is 1.49. The number of hydrogen-bond donors (Lipinski definition) is 0. The minimum Gasteiger partial charge on any atom is -0.490 e. The highest BCUT2D eigenvalue weighted by molar-refractivity contribution is 6.07. The lowest BCUT2D eigenvalue weighted by molar-refractivity contribution is -0.134. The lowest BCUT2D eigenvalue weighted by Gasteiger charge is -2.29. The van der Waals surface area contributed by atoms with Crippen LogP contribution in [0.2, 0.25) is 0 Å². The molecule has 0 bridgehead atoms. The van der Waals surface area contributed by atoms with E-state index in [-0.39, 0.29) is 18.4 Å². The van der Waals surface area contributed by atoms with Crippen molar-refractivity contribution >= 4 is 17.5 Å². The normalized spacial score (nSPS) is 15.9. The SMILES string of the molecule is CCOc1cc(C(=O)N2CCCc3ccccc32)ccc1OCC(=O)N1CCCCC1. The second-order valence-corrected chi connectivity index (χ2v) is 8.01. The number of nitrogens with zero attached hydrogens (tertiary/aromatic N) is 2. The van der Waals surface area contributed by atoms with Crippen LogP contribution in [0.5, 0.6) is 11.5 Å². The van der Waals surface area contributed by atoms with Crippen molar-refractivity contribution in [2.45, 2.75) is 39.0 Å². The number of aryl methyl sites for hydroxylation is 1. The highest BCUT2D eigenvalue weighted by Gasteiger charge is 2.24. The molecule has 6 nitrogen and oxygen atoms in total. The van der Waals surface area contributed by atoms with Crippen LogP contribution >= 0.6 is 0 Å². The van der Waals surface area contributed by atoms with Crippen LogP contribution in [0, 0.1) is 0 Å². The molecule has 2 heterocycles. The number of anilines is 1. The molecule has 0 N–H and O–H groups in total. The van der Waals surface area contributed by atoms with Crippen molar-refractivity contribution in [1.29, 1.82) is 0 Å². The quantitative estimate of drug-likeness (QED) is 0.704. The maximum Gasteiger partial charge on any atom is 0.260 e.